The lowest BCUT2D eigenvalue weighted by atomic mass is 10.1. The van der Waals surface area contributed by atoms with Crippen molar-refractivity contribution in [1.82, 2.24) is 39.8 Å². The molecule has 0 saturated heterocycles. The van der Waals surface area contributed by atoms with Gasteiger partial charge in [-0.15, -0.1) is 10.2 Å². The zero-order chi connectivity index (χ0) is 17.0. The van der Waals surface area contributed by atoms with Crippen LogP contribution in [0.4, 0.5) is 0 Å². The molecule has 4 rings (SSSR count). The van der Waals surface area contributed by atoms with Gasteiger partial charge in [0.25, 0.3) is 0 Å². The lowest BCUT2D eigenvalue weighted by Crippen LogP contribution is -1.99. The minimum absolute atomic E-state index is 0.338. The normalized spacial score (nSPS) is 11.9. The lowest BCUT2D eigenvalue weighted by Gasteiger charge is -1.96. The van der Waals surface area contributed by atoms with Crippen LogP contribution in [0.3, 0.4) is 0 Å². The molecule has 0 radical (unpaired) electrons. The topological polar surface area (TPSA) is 89.6 Å². The summed E-state index contributed by atoms with van der Waals surface area (Å²) >= 11 is 7.67. The monoisotopic (exact) mass is 362 g/mol. The SMILES string of the molecule is Cc1[nH]nc(-c2nn3c(-c4cc(C(C)C)nn4C)nnc3s2)c1Cl. The van der Waals surface area contributed by atoms with Gasteiger partial charge in [-0.25, -0.2) is 0 Å². The molecule has 0 bridgehead atoms. The van der Waals surface area contributed by atoms with Crippen LogP contribution < -0.4 is 0 Å². The van der Waals surface area contributed by atoms with E-state index in [0.717, 1.165) is 17.1 Å². The zero-order valence-corrected chi connectivity index (χ0v) is 15.1. The fourth-order valence-corrected chi connectivity index (χ4v) is 3.48. The summed E-state index contributed by atoms with van der Waals surface area (Å²) in [6.07, 6.45) is 0. The van der Waals surface area contributed by atoms with Crippen LogP contribution in [0.25, 0.3) is 27.2 Å². The maximum Gasteiger partial charge on any atom is 0.235 e. The lowest BCUT2D eigenvalue weighted by molar-refractivity contribution is 0.713. The molecule has 0 unspecified atom stereocenters. The summed E-state index contributed by atoms with van der Waals surface area (Å²) in [5.74, 6) is 0.989. The van der Waals surface area contributed by atoms with Crippen molar-refractivity contribution < 1.29 is 0 Å². The highest BCUT2D eigenvalue weighted by Crippen LogP contribution is 2.32. The minimum Gasteiger partial charge on any atom is -0.281 e. The van der Waals surface area contributed by atoms with Crippen molar-refractivity contribution in [1.29, 1.82) is 0 Å². The molecule has 0 aliphatic carbocycles. The second-order valence-electron chi connectivity index (χ2n) is 5.87. The van der Waals surface area contributed by atoms with Crippen LogP contribution in [0.15, 0.2) is 6.07 Å². The van der Waals surface area contributed by atoms with Crippen molar-refractivity contribution in [3.8, 4) is 22.2 Å². The van der Waals surface area contributed by atoms with Crippen molar-refractivity contribution in [2.45, 2.75) is 26.7 Å². The second kappa shape index (κ2) is 5.38. The fourth-order valence-electron chi connectivity index (χ4n) is 2.41. The predicted octanol–water partition coefficient (Wildman–Crippen LogP) is 3.06. The summed E-state index contributed by atoms with van der Waals surface area (Å²) in [5.41, 5.74) is 3.31. The molecule has 0 spiro atoms. The molecular formula is C14H15ClN8S. The highest BCUT2D eigenvalue weighted by atomic mass is 35.5. The van der Waals surface area contributed by atoms with Crippen molar-refractivity contribution in [2.24, 2.45) is 7.05 Å². The van der Waals surface area contributed by atoms with E-state index in [2.05, 4.69) is 44.4 Å². The molecule has 0 aliphatic heterocycles. The Kier molecular flexibility index (Phi) is 3.43. The Hall–Kier alpha value is -2.26. The molecule has 0 amide bonds. The number of aromatic nitrogens is 8. The number of rotatable bonds is 3. The molecule has 24 heavy (non-hydrogen) atoms. The smallest absolute Gasteiger partial charge is 0.235 e. The van der Waals surface area contributed by atoms with Gasteiger partial charge in [-0.1, -0.05) is 36.8 Å². The number of hydrogen-bond donors (Lipinski definition) is 1. The van der Waals surface area contributed by atoms with Crippen molar-refractivity contribution >= 4 is 27.9 Å². The average molecular weight is 363 g/mol. The average Bonchev–Trinajstić information content (AvgIpc) is 3.25. The quantitative estimate of drug-likeness (QED) is 0.605. The van der Waals surface area contributed by atoms with E-state index in [1.807, 2.05) is 20.0 Å². The van der Waals surface area contributed by atoms with Crippen LogP contribution in [0, 0.1) is 6.92 Å². The van der Waals surface area contributed by atoms with Crippen LogP contribution >= 0.6 is 22.9 Å². The molecule has 8 nitrogen and oxygen atoms in total. The maximum atomic E-state index is 6.27. The molecule has 0 saturated carbocycles. The Balaban J connectivity index is 1.85. The van der Waals surface area contributed by atoms with Gasteiger partial charge in [0.15, 0.2) is 5.01 Å². The van der Waals surface area contributed by atoms with Gasteiger partial charge in [-0.05, 0) is 18.9 Å². The number of H-pyrrole nitrogens is 1. The maximum absolute atomic E-state index is 6.27. The number of nitrogens with zero attached hydrogens (tertiary/aromatic N) is 7. The predicted molar refractivity (Wildman–Crippen MR) is 92.3 cm³/mol. The highest BCUT2D eigenvalue weighted by Gasteiger charge is 2.21. The third-order valence-corrected chi connectivity index (χ3v) is 5.15. The van der Waals surface area contributed by atoms with Crippen molar-refractivity contribution in [2.75, 3.05) is 0 Å². The van der Waals surface area contributed by atoms with Gasteiger partial charge in [0.1, 0.15) is 11.4 Å². The summed E-state index contributed by atoms with van der Waals surface area (Å²) in [6.45, 7) is 6.08. The Bertz CT molecular complexity index is 1040. The summed E-state index contributed by atoms with van der Waals surface area (Å²) in [5, 5.41) is 26.0. The third-order valence-electron chi connectivity index (χ3n) is 3.79. The number of fused-ring (bicyclic) bond motifs is 1. The molecule has 10 heteroatoms. The van der Waals surface area contributed by atoms with Gasteiger partial charge in [0.05, 0.1) is 16.4 Å². The van der Waals surface area contributed by atoms with E-state index >= 15 is 0 Å². The van der Waals surface area contributed by atoms with Gasteiger partial charge in [-0.2, -0.15) is 19.8 Å². The summed E-state index contributed by atoms with van der Waals surface area (Å²) in [7, 11) is 1.89. The Morgan fingerprint density at radius 3 is 2.67 bits per heavy atom. The van der Waals surface area contributed by atoms with E-state index in [4.69, 9.17) is 11.6 Å². The van der Waals surface area contributed by atoms with E-state index < -0.39 is 0 Å². The molecule has 4 heterocycles. The molecular weight excluding hydrogens is 348 g/mol. The van der Waals surface area contributed by atoms with Crippen LogP contribution in [0.2, 0.25) is 5.02 Å². The standard InChI is InChI=1S/C14H15ClN8S/c1-6(2)8-5-9(22(4)20-8)12-18-19-14-23(12)21-13(24-14)11-10(15)7(3)16-17-11/h5-6H,1-4H3,(H,16,17). The van der Waals surface area contributed by atoms with E-state index in [-0.39, 0.29) is 0 Å². The van der Waals surface area contributed by atoms with E-state index in [0.29, 0.717) is 32.4 Å². The molecule has 1 N–H and O–H groups in total. The van der Waals surface area contributed by atoms with Gasteiger partial charge >= 0.3 is 0 Å². The first-order chi connectivity index (χ1) is 11.5. The van der Waals surface area contributed by atoms with Gasteiger partial charge in [0, 0.05) is 7.05 Å². The number of aromatic amines is 1. The largest absolute Gasteiger partial charge is 0.281 e. The second-order valence-corrected chi connectivity index (χ2v) is 7.20. The molecule has 0 atom stereocenters. The molecule has 4 aromatic rings. The molecule has 4 aromatic heterocycles. The first-order valence-electron chi connectivity index (χ1n) is 7.43. The van der Waals surface area contributed by atoms with Crippen LogP contribution in [-0.4, -0.2) is 39.8 Å². The summed E-state index contributed by atoms with van der Waals surface area (Å²) in [6, 6.07) is 2.02. The van der Waals surface area contributed by atoms with E-state index in [1.54, 1.807) is 9.20 Å². The highest BCUT2D eigenvalue weighted by molar-refractivity contribution is 7.19. The number of halogens is 1. The van der Waals surface area contributed by atoms with Gasteiger partial charge in [-0.3, -0.25) is 9.78 Å². The van der Waals surface area contributed by atoms with Crippen molar-refractivity contribution in [3.05, 3.63) is 22.5 Å². The first-order valence-corrected chi connectivity index (χ1v) is 8.62. The summed E-state index contributed by atoms with van der Waals surface area (Å²) in [4.78, 5) is 0.684. The number of aryl methyl sites for hydroxylation is 2. The number of hydrogen-bond acceptors (Lipinski definition) is 6. The molecule has 124 valence electrons. The van der Waals surface area contributed by atoms with Crippen LogP contribution in [0.5, 0.6) is 0 Å². The van der Waals surface area contributed by atoms with Crippen LogP contribution in [-0.2, 0) is 7.05 Å². The Labute approximate surface area is 146 Å². The third kappa shape index (κ3) is 2.23. The number of nitrogens with one attached hydrogen (secondary N) is 1. The molecule has 0 aromatic carbocycles. The first kappa shape index (κ1) is 15.3. The van der Waals surface area contributed by atoms with E-state index in [1.165, 1.54) is 11.3 Å². The summed E-state index contributed by atoms with van der Waals surface area (Å²) < 4.78 is 3.51. The Morgan fingerprint density at radius 1 is 1.25 bits per heavy atom. The van der Waals surface area contributed by atoms with Gasteiger partial charge in [0.2, 0.25) is 10.8 Å². The van der Waals surface area contributed by atoms with E-state index in [9.17, 15) is 0 Å². The molecule has 0 aliphatic rings. The zero-order valence-electron chi connectivity index (χ0n) is 13.6. The van der Waals surface area contributed by atoms with Crippen LogP contribution in [0.1, 0.15) is 31.2 Å². The Morgan fingerprint density at radius 2 is 2.04 bits per heavy atom. The van der Waals surface area contributed by atoms with Crippen molar-refractivity contribution in [3.63, 3.8) is 0 Å². The van der Waals surface area contributed by atoms with Gasteiger partial charge < -0.3 is 0 Å². The minimum atomic E-state index is 0.338. The molecule has 0 fully saturated rings. The fraction of sp³-hybridized carbons (Fsp3) is 0.357.